The summed E-state index contributed by atoms with van der Waals surface area (Å²) < 4.78 is 40.4. The quantitative estimate of drug-likeness (QED) is 0.709. The number of hydrogen-bond acceptors (Lipinski definition) is 3. The lowest BCUT2D eigenvalue weighted by atomic mass is 10.2. The van der Waals surface area contributed by atoms with E-state index in [0.717, 1.165) is 0 Å². The number of nitrogens with two attached hydrogens (primary N) is 1. The summed E-state index contributed by atoms with van der Waals surface area (Å²) in [6, 6.07) is -2.16. The molecule has 0 heterocycles. The van der Waals surface area contributed by atoms with Crippen molar-refractivity contribution in [2.45, 2.75) is 45.0 Å². The Hall–Kier alpha value is -0.780. The van der Waals surface area contributed by atoms with Crippen LogP contribution in [0.2, 0.25) is 0 Å². The van der Waals surface area contributed by atoms with Crippen LogP contribution in [-0.4, -0.2) is 23.8 Å². The molecule has 0 saturated carbocycles. The Bertz CT molecular complexity index is 208. The van der Waals surface area contributed by atoms with Gasteiger partial charge in [-0.15, -0.1) is 0 Å². The van der Waals surface area contributed by atoms with Crippen LogP contribution in [0.25, 0.3) is 0 Å². The number of esters is 1. The zero-order valence-electron chi connectivity index (χ0n) is 8.31. The molecule has 0 bridgehead atoms. The highest BCUT2D eigenvalue weighted by molar-refractivity contribution is 5.70. The van der Waals surface area contributed by atoms with Gasteiger partial charge in [-0.05, 0) is 20.8 Å². The van der Waals surface area contributed by atoms with Gasteiger partial charge in [-0.1, -0.05) is 0 Å². The van der Waals surface area contributed by atoms with Gasteiger partial charge in [0.05, 0.1) is 6.42 Å². The van der Waals surface area contributed by atoms with E-state index in [-0.39, 0.29) is 0 Å². The minimum atomic E-state index is -4.56. The second kappa shape index (κ2) is 4.16. The first kappa shape index (κ1) is 13.2. The molecule has 84 valence electrons. The van der Waals surface area contributed by atoms with Crippen LogP contribution in [0.4, 0.5) is 13.2 Å². The number of carbonyl (C=O) groups is 1. The van der Waals surface area contributed by atoms with Crippen molar-refractivity contribution in [3.8, 4) is 0 Å². The summed E-state index contributed by atoms with van der Waals surface area (Å²) in [4.78, 5) is 10.9. The summed E-state index contributed by atoms with van der Waals surface area (Å²) in [6.45, 7) is 4.72. The third kappa shape index (κ3) is 5.80. The Balaban J connectivity index is 4.09. The lowest BCUT2D eigenvalue weighted by Crippen LogP contribution is -2.40. The molecule has 0 saturated heterocycles. The van der Waals surface area contributed by atoms with E-state index in [0.29, 0.717) is 0 Å². The van der Waals surface area contributed by atoms with Crippen molar-refractivity contribution in [3.05, 3.63) is 0 Å². The Morgan fingerprint density at radius 1 is 1.36 bits per heavy atom. The third-order valence-corrected chi connectivity index (χ3v) is 1.23. The molecular weight excluding hydrogens is 199 g/mol. The number of ether oxygens (including phenoxy) is 1. The van der Waals surface area contributed by atoms with Crippen LogP contribution in [0.1, 0.15) is 27.2 Å². The first-order valence-corrected chi connectivity index (χ1v) is 4.06. The predicted molar refractivity (Wildman–Crippen MR) is 44.5 cm³/mol. The van der Waals surface area contributed by atoms with Crippen molar-refractivity contribution in [1.29, 1.82) is 0 Å². The Morgan fingerprint density at radius 3 is 2.07 bits per heavy atom. The number of carbonyl (C=O) groups excluding carboxylic acids is 1. The first-order valence-electron chi connectivity index (χ1n) is 4.06. The monoisotopic (exact) mass is 213 g/mol. The van der Waals surface area contributed by atoms with Gasteiger partial charge in [0.15, 0.2) is 0 Å². The number of halogens is 3. The maximum absolute atomic E-state index is 11.9. The van der Waals surface area contributed by atoms with Crippen molar-refractivity contribution in [2.24, 2.45) is 5.73 Å². The van der Waals surface area contributed by atoms with Crippen LogP contribution in [0.3, 0.4) is 0 Å². The Labute approximate surface area is 80.4 Å². The predicted octanol–water partition coefficient (Wildman–Crippen LogP) is 1.61. The van der Waals surface area contributed by atoms with Gasteiger partial charge in [-0.3, -0.25) is 4.79 Å². The molecule has 0 radical (unpaired) electrons. The summed E-state index contributed by atoms with van der Waals surface area (Å²) in [5.74, 6) is -0.942. The fourth-order valence-electron chi connectivity index (χ4n) is 0.678. The van der Waals surface area contributed by atoms with E-state index in [1.54, 1.807) is 20.8 Å². The van der Waals surface area contributed by atoms with Crippen molar-refractivity contribution < 1.29 is 22.7 Å². The average Bonchev–Trinajstić information content (AvgIpc) is 1.79. The molecule has 14 heavy (non-hydrogen) atoms. The van der Waals surface area contributed by atoms with E-state index in [2.05, 4.69) is 4.74 Å². The molecule has 0 aliphatic carbocycles. The van der Waals surface area contributed by atoms with Gasteiger partial charge in [0, 0.05) is 0 Å². The molecule has 0 rings (SSSR count). The topological polar surface area (TPSA) is 52.3 Å². The van der Waals surface area contributed by atoms with Crippen molar-refractivity contribution in [1.82, 2.24) is 0 Å². The number of hydrogen-bond donors (Lipinski definition) is 1. The molecule has 0 fully saturated rings. The second-order valence-corrected chi connectivity index (χ2v) is 3.94. The molecule has 0 spiro atoms. The largest absolute Gasteiger partial charge is 0.460 e. The second-order valence-electron chi connectivity index (χ2n) is 3.94. The van der Waals surface area contributed by atoms with Crippen LogP contribution >= 0.6 is 0 Å². The van der Waals surface area contributed by atoms with Gasteiger partial charge < -0.3 is 10.5 Å². The normalized spacial score (nSPS) is 15.1. The highest BCUT2D eigenvalue weighted by Gasteiger charge is 2.38. The molecule has 0 amide bonds. The van der Waals surface area contributed by atoms with Crippen LogP contribution in [0, 0.1) is 0 Å². The Morgan fingerprint density at radius 2 is 1.79 bits per heavy atom. The SMILES string of the molecule is CC(C)(C)OC(=O)C[C@H](N)C(F)(F)F. The maximum Gasteiger partial charge on any atom is 0.404 e. The molecule has 0 aromatic carbocycles. The highest BCUT2D eigenvalue weighted by atomic mass is 19.4. The molecule has 0 aromatic rings. The molecule has 1 atom stereocenters. The molecule has 0 unspecified atom stereocenters. The highest BCUT2D eigenvalue weighted by Crippen LogP contribution is 2.21. The van der Waals surface area contributed by atoms with E-state index in [1.165, 1.54) is 0 Å². The fourth-order valence-corrected chi connectivity index (χ4v) is 0.678. The summed E-state index contributed by atoms with van der Waals surface area (Å²) in [5.41, 5.74) is 3.96. The minimum Gasteiger partial charge on any atom is -0.460 e. The van der Waals surface area contributed by atoms with Gasteiger partial charge in [0.2, 0.25) is 0 Å². The molecule has 6 heteroatoms. The average molecular weight is 213 g/mol. The molecule has 0 aliphatic heterocycles. The van der Waals surface area contributed by atoms with Gasteiger partial charge in [-0.25, -0.2) is 0 Å². The first-order chi connectivity index (χ1) is 6.02. The van der Waals surface area contributed by atoms with Gasteiger partial charge in [-0.2, -0.15) is 13.2 Å². The summed E-state index contributed by atoms with van der Waals surface area (Å²) in [5, 5.41) is 0. The minimum absolute atomic E-state index is 0.789. The van der Waals surface area contributed by atoms with Gasteiger partial charge in [0.25, 0.3) is 0 Å². The van der Waals surface area contributed by atoms with Crippen molar-refractivity contribution in [2.75, 3.05) is 0 Å². The van der Waals surface area contributed by atoms with Gasteiger partial charge in [0.1, 0.15) is 11.6 Å². The van der Waals surface area contributed by atoms with Gasteiger partial charge >= 0.3 is 12.1 Å². The zero-order valence-corrected chi connectivity index (χ0v) is 8.31. The van der Waals surface area contributed by atoms with Crippen LogP contribution in [-0.2, 0) is 9.53 Å². The summed E-state index contributed by atoms with van der Waals surface area (Å²) in [7, 11) is 0. The van der Waals surface area contributed by atoms with Crippen molar-refractivity contribution >= 4 is 5.97 Å². The third-order valence-electron chi connectivity index (χ3n) is 1.23. The fraction of sp³-hybridized carbons (Fsp3) is 0.875. The van der Waals surface area contributed by atoms with Crippen LogP contribution in [0.5, 0.6) is 0 Å². The molecule has 3 nitrogen and oxygen atoms in total. The van der Waals surface area contributed by atoms with E-state index < -0.39 is 30.2 Å². The smallest absolute Gasteiger partial charge is 0.404 e. The summed E-state index contributed by atoms with van der Waals surface area (Å²) >= 11 is 0. The molecule has 0 aliphatic rings. The lowest BCUT2D eigenvalue weighted by molar-refractivity contribution is -0.171. The van der Waals surface area contributed by atoms with E-state index in [1.807, 2.05) is 0 Å². The zero-order chi connectivity index (χ0) is 11.6. The molecular formula is C8H14F3NO2. The standard InChI is InChI=1S/C8H14F3NO2/c1-7(2,3)14-6(13)4-5(12)8(9,10)11/h5H,4,12H2,1-3H3/t5-/m0/s1. The van der Waals surface area contributed by atoms with E-state index >= 15 is 0 Å². The van der Waals surface area contributed by atoms with Crippen LogP contribution < -0.4 is 5.73 Å². The number of alkyl halides is 3. The number of rotatable bonds is 2. The molecule has 0 aromatic heterocycles. The molecule has 2 N–H and O–H groups in total. The van der Waals surface area contributed by atoms with Crippen LogP contribution in [0.15, 0.2) is 0 Å². The summed E-state index contributed by atoms with van der Waals surface area (Å²) in [6.07, 6.45) is -5.41. The maximum atomic E-state index is 11.9. The lowest BCUT2D eigenvalue weighted by Gasteiger charge is -2.21. The van der Waals surface area contributed by atoms with E-state index in [9.17, 15) is 18.0 Å². The van der Waals surface area contributed by atoms with Crippen molar-refractivity contribution in [3.63, 3.8) is 0 Å². The van der Waals surface area contributed by atoms with E-state index in [4.69, 9.17) is 5.73 Å². The Kier molecular flexibility index (Phi) is 3.93.